The number of nitrogens with one attached hydrogen (secondary N) is 1. The Labute approximate surface area is 143 Å². The lowest BCUT2D eigenvalue weighted by atomic mass is 10.1. The van der Waals surface area contributed by atoms with Gasteiger partial charge in [0.15, 0.2) is 0 Å². The fraction of sp³-hybridized carbons (Fsp3) is 0.353. The molecule has 0 unspecified atom stereocenters. The zero-order valence-corrected chi connectivity index (χ0v) is 14.1. The molecule has 1 aromatic carbocycles. The van der Waals surface area contributed by atoms with E-state index in [2.05, 4.69) is 10.4 Å². The average Bonchev–Trinajstić information content (AvgIpc) is 2.92. The monoisotopic (exact) mass is 351 g/mol. The van der Waals surface area contributed by atoms with Crippen LogP contribution in [0, 0.1) is 12.8 Å². The molecule has 2 N–H and O–H groups in total. The quantitative estimate of drug-likeness (QED) is 0.830. The highest BCUT2D eigenvalue weighted by Gasteiger charge is 2.25. The topological polar surface area (TPSA) is 84.2 Å². The second-order valence-corrected chi connectivity index (χ2v) is 6.11. The Morgan fingerprint density at radius 3 is 2.56 bits per heavy atom. The van der Waals surface area contributed by atoms with Gasteiger partial charge in [0.1, 0.15) is 5.69 Å². The third kappa shape index (κ3) is 4.20. The summed E-state index contributed by atoms with van der Waals surface area (Å²) in [5.41, 5.74) is 0.188. The maximum atomic E-state index is 13.4. The van der Waals surface area contributed by atoms with Crippen LogP contribution in [0.15, 0.2) is 24.4 Å². The average molecular weight is 351 g/mol. The van der Waals surface area contributed by atoms with Crippen molar-refractivity contribution in [3.63, 3.8) is 0 Å². The van der Waals surface area contributed by atoms with Gasteiger partial charge in [-0.1, -0.05) is 19.9 Å². The van der Waals surface area contributed by atoms with Crippen molar-refractivity contribution in [3.8, 4) is 0 Å². The zero-order chi connectivity index (χ0) is 18.7. The van der Waals surface area contributed by atoms with Crippen molar-refractivity contribution in [2.24, 2.45) is 5.92 Å². The van der Waals surface area contributed by atoms with Crippen LogP contribution in [0.3, 0.4) is 0 Å². The summed E-state index contributed by atoms with van der Waals surface area (Å²) in [5.74, 6) is -1.81. The first-order valence-corrected chi connectivity index (χ1v) is 7.69. The van der Waals surface area contributed by atoms with Gasteiger partial charge in [0.25, 0.3) is 12.3 Å². The molecule has 0 aliphatic carbocycles. The number of aromatic carboxylic acids is 1. The minimum atomic E-state index is -2.85. The number of hydrogen-bond donors (Lipinski definition) is 2. The second kappa shape index (κ2) is 7.42. The maximum absolute atomic E-state index is 13.4. The van der Waals surface area contributed by atoms with Gasteiger partial charge in [-0.05, 0) is 30.5 Å². The molecule has 2 rings (SSSR count). The van der Waals surface area contributed by atoms with Gasteiger partial charge in [-0.2, -0.15) is 5.10 Å². The molecule has 2 aromatic rings. The molecule has 1 amide bonds. The molecule has 8 heteroatoms. The molecule has 0 aliphatic heterocycles. The molecule has 134 valence electrons. The van der Waals surface area contributed by atoms with Crippen molar-refractivity contribution in [3.05, 3.63) is 46.8 Å². The molecule has 0 aliphatic rings. The largest absolute Gasteiger partial charge is 0.478 e. The Balaban J connectivity index is 2.34. The molecule has 0 saturated heterocycles. The van der Waals surface area contributed by atoms with E-state index < -0.39 is 24.0 Å². The van der Waals surface area contributed by atoms with Crippen LogP contribution in [-0.2, 0) is 6.54 Å². The first-order chi connectivity index (χ1) is 11.7. The third-order valence-corrected chi connectivity index (χ3v) is 3.60. The number of aryl methyl sites for hydroxylation is 1. The first kappa shape index (κ1) is 18.6. The second-order valence-electron chi connectivity index (χ2n) is 6.11. The molecule has 0 fully saturated rings. The number of alkyl halides is 2. The number of carbonyl (C=O) groups is 2. The lowest BCUT2D eigenvalue weighted by Crippen LogP contribution is -2.17. The van der Waals surface area contributed by atoms with E-state index in [-0.39, 0.29) is 29.3 Å². The Hall–Kier alpha value is -2.77. The van der Waals surface area contributed by atoms with Crippen molar-refractivity contribution in [1.82, 2.24) is 9.78 Å². The minimum absolute atomic E-state index is 0.00881. The number of anilines is 1. The van der Waals surface area contributed by atoms with Gasteiger partial charge in [-0.25, -0.2) is 13.6 Å². The number of hydrogen-bond acceptors (Lipinski definition) is 3. The van der Waals surface area contributed by atoms with E-state index >= 15 is 0 Å². The predicted octanol–water partition coefficient (Wildman–Crippen LogP) is 3.74. The van der Waals surface area contributed by atoms with Crippen LogP contribution in [0.2, 0.25) is 0 Å². The Kier molecular flexibility index (Phi) is 5.51. The van der Waals surface area contributed by atoms with Gasteiger partial charge >= 0.3 is 5.97 Å². The number of rotatable bonds is 6. The smallest absolute Gasteiger partial charge is 0.335 e. The van der Waals surface area contributed by atoms with Gasteiger partial charge in [-0.3, -0.25) is 9.48 Å². The van der Waals surface area contributed by atoms with Crippen LogP contribution >= 0.6 is 0 Å². The van der Waals surface area contributed by atoms with E-state index in [1.54, 1.807) is 6.92 Å². The van der Waals surface area contributed by atoms with Gasteiger partial charge < -0.3 is 10.4 Å². The standard InChI is InChI=1S/C17H19F2N3O3/c1-9(2)8-22-14(15(18)19)12(7-20-22)16(23)21-13-6-11(17(24)25)5-4-10(13)3/h4-7,9,15H,8H2,1-3H3,(H,21,23)(H,24,25). The molecule has 0 spiro atoms. The highest BCUT2D eigenvalue weighted by Crippen LogP contribution is 2.25. The number of amides is 1. The predicted molar refractivity (Wildman–Crippen MR) is 88.1 cm³/mol. The number of carbonyl (C=O) groups excluding carboxylic acids is 1. The van der Waals surface area contributed by atoms with Crippen LogP contribution < -0.4 is 5.32 Å². The lowest BCUT2D eigenvalue weighted by molar-refractivity contribution is 0.0696. The lowest BCUT2D eigenvalue weighted by Gasteiger charge is -2.12. The molecular weight excluding hydrogens is 332 g/mol. The van der Waals surface area contributed by atoms with E-state index in [1.165, 1.54) is 18.2 Å². The van der Waals surface area contributed by atoms with Crippen LogP contribution in [-0.4, -0.2) is 26.8 Å². The number of carboxylic acid groups (broad SMARTS) is 1. The summed E-state index contributed by atoms with van der Waals surface area (Å²) in [4.78, 5) is 23.5. The van der Waals surface area contributed by atoms with E-state index in [9.17, 15) is 18.4 Å². The molecule has 0 saturated carbocycles. The summed E-state index contributed by atoms with van der Waals surface area (Å²) in [6.07, 6.45) is -1.75. The fourth-order valence-corrected chi connectivity index (χ4v) is 2.37. The van der Waals surface area contributed by atoms with E-state index in [0.717, 1.165) is 10.9 Å². The van der Waals surface area contributed by atoms with Crippen LogP contribution in [0.5, 0.6) is 0 Å². The van der Waals surface area contributed by atoms with E-state index in [0.29, 0.717) is 5.56 Å². The minimum Gasteiger partial charge on any atom is -0.478 e. The molecular formula is C17H19F2N3O3. The van der Waals surface area contributed by atoms with Crippen molar-refractivity contribution >= 4 is 17.6 Å². The van der Waals surface area contributed by atoms with E-state index in [1.807, 2.05) is 13.8 Å². The number of nitrogens with zero attached hydrogens (tertiary/aromatic N) is 2. The summed E-state index contributed by atoms with van der Waals surface area (Å²) >= 11 is 0. The van der Waals surface area contributed by atoms with Crippen LogP contribution in [0.1, 0.15) is 52.2 Å². The zero-order valence-electron chi connectivity index (χ0n) is 14.1. The third-order valence-electron chi connectivity index (χ3n) is 3.60. The number of benzene rings is 1. The summed E-state index contributed by atoms with van der Waals surface area (Å²) in [5, 5.41) is 15.4. The fourth-order valence-electron chi connectivity index (χ4n) is 2.37. The molecule has 1 aromatic heterocycles. The number of aromatic nitrogens is 2. The van der Waals surface area contributed by atoms with Gasteiger partial charge in [0, 0.05) is 12.2 Å². The summed E-state index contributed by atoms with van der Waals surface area (Å²) in [6, 6.07) is 4.23. The van der Waals surface area contributed by atoms with Gasteiger partial charge in [0.05, 0.1) is 17.3 Å². The molecule has 0 bridgehead atoms. The Morgan fingerprint density at radius 2 is 2.00 bits per heavy atom. The highest BCUT2D eigenvalue weighted by atomic mass is 19.3. The van der Waals surface area contributed by atoms with Crippen molar-refractivity contribution in [1.29, 1.82) is 0 Å². The summed E-state index contributed by atoms with van der Waals surface area (Å²) in [6.45, 7) is 5.66. The molecule has 1 heterocycles. The molecule has 0 atom stereocenters. The molecule has 6 nitrogen and oxygen atoms in total. The molecule has 25 heavy (non-hydrogen) atoms. The summed E-state index contributed by atoms with van der Waals surface area (Å²) < 4.78 is 27.9. The molecule has 0 radical (unpaired) electrons. The Bertz CT molecular complexity index is 800. The normalized spacial score (nSPS) is 11.2. The van der Waals surface area contributed by atoms with Crippen molar-refractivity contribution in [2.45, 2.75) is 33.7 Å². The van der Waals surface area contributed by atoms with Crippen molar-refractivity contribution in [2.75, 3.05) is 5.32 Å². The number of halogens is 2. The summed E-state index contributed by atoms with van der Waals surface area (Å²) in [7, 11) is 0. The van der Waals surface area contributed by atoms with Crippen LogP contribution in [0.4, 0.5) is 14.5 Å². The highest BCUT2D eigenvalue weighted by molar-refractivity contribution is 6.06. The maximum Gasteiger partial charge on any atom is 0.335 e. The Morgan fingerprint density at radius 1 is 1.32 bits per heavy atom. The first-order valence-electron chi connectivity index (χ1n) is 7.69. The SMILES string of the molecule is Cc1ccc(C(=O)O)cc1NC(=O)c1cnn(CC(C)C)c1C(F)F. The van der Waals surface area contributed by atoms with Gasteiger partial charge in [-0.15, -0.1) is 0 Å². The number of carboxylic acids is 1. The van der Waals surface area contributed by atoms with E-state index in [4.69, 9.17) is 5.11 Å². The van der Waals surface area contributed by atoms with Gasteiger partial charge in [0.2, 0.25) is 0 Å². The van der Waals surface area contributed by atoms with Crippen molar-refractivity contribution < 1.29 is 23.5 Å². The van der Waals surface area contributed by atoms with Crippen LogP contribution in [0.25, 0.3) is 0 Å².